The Kier molecular flexibility index (Phi) is 7.33. The normalized spacial score (nSPS) is 30.6. The van der Waals surface area contributed by atoms with E-state index in [4.69, 9.17) is 4.74 Å². The van der Waals surface area contributed by atoms with Crippen molar-refractivity contribution < 1.29 is 4.74 Å². The third kappa shape index (κ3) is 4.08. The molecule has 1 aliphatic carbocycles. The summed E-state index contributed by atoms with van der Waals surface area (Å²) in [6.07, 6.45) is 9.69. The molecule has 158 valence electrons. The van der Waals surface area contributed by atoms with Crippen LogP contribution < -0.4 is 4.90 Å². The van der Waals surface area contributed by atoms with Gasteiger partial charge in [-0.25, -0.2) is 0 Å². The lowest BCUT2D eigenvalue weighted by molar-refractivity contribution is 0.00535. The Morgan fingerprint density at radius 1 is 0.929 bits per heavy atom. The van der Waals surface area contributed by atoms with Crippen LogP contribution in [0.15, 0.2) is 30.3 Å². The number of para-hydroxylation sites is 1. The Labute approximate surface area is 178 Å². The van der Waals surface area contributed by atoms with Crippen LogP contribution >= 0.6 is 12.4 Å². The molecule has 3 fully saturated rings. The summed E-state index contributed by atoms with van der Waals surface area (Å²) in [5.74, 6) is 1.81. The second kappa shape index (κ2) is 9.36. The minimum absolute atomic E-state index is 0. The first-order chi connectivity index (χ1) is 13.1. The van der Waals surface area contributed by atoms with Gasteiger partial charge in [0.15, 0.2) is 0 Å². The lowest BCUT2D eigenvalue weighted by atomic mass is 9.77. The van der Waals surface area contributed by atoms with Gasteiger partial charge in [-0.15, -0.1) is 12.4 Å². The number of rotatable bonds is 4. The van der Waals surface area contributed by atoms with Crippen LogP contribution in [0.25, 0.3) is 0 Å². The number of piperidine rings is 1. The van der Waals surface area contributed by atoms with Gasteiger partial charge in [0.1, 0.15) is 0 Å². The molecule has 0 aromatic heterocycles. The summed E-state index contributed by atoms with van der Waals surface area (Å²) < 4.78 is 6.02. The molecule has 0 amide bonds. The average molecular weight is 407 g/mol. The molecule has 1 spiro atoms. The van der Waals surface area contributed by atoms with Crippen molar-refractivity contribution in [3.05, 3.63) is 30.3 Å². The van der Waals surface area contributed by atoms with E-state index in [-0.39, 0.29) is 17.9 Å². The molecule has 0 bridgehead atoms. The van der Waals surface area contributed by atoms with E-state index in [1.165, 1.54) is 57.3 Å². The molecule has 28 heavy (non-hydrogen) atoms. The molecular formula is C24H39ClN2O. The molecule has 0 N–H and O–H groups in total. The minimum Gasteiger partial charge on any atom is -0.379 e. The molecule has 3 nitrogen and oxygen atoms in total. The largest absolute Gasteiger partial charge is 0.379 e. The standard InChI is InChI=1S/C24H38N2O.ClH/c1-19(2)20-9-11-21(12-10-20)25-17-14-24(15-18-25)23(27-3)13-16-26(24)22-7-5-4-6-8-22;/h4-8,19-21,23H,9-18H2,1-3H3;1H/t20?,21?,23-;/m0./s1. The zero-order valence-corrected chi connectivity index (χ0v) is 18.8. The highest BCUT2D eigenvalue weighted by atomic mass is 35.5. The molecular weight excluding hydrogens is 368 g/mol. The number of benzene rings is 1. The second-order valence-corrected chi connectivity index (χ2v) is 9.45. The lowest BCUT2D eigenvalue weighted by Crippen LogP contribution is -2.59. The summed E-state index contributed by atoms with van der Waals surface area (Å²) in [5.41, 5.74) is 1.57. The number of nitrogens with zero attached hydrogens (tertiary/aromatic N) is 2. The fourth-order valence-electron chi connectivity index (χ4n) is 6.24. The van der Waals surface area contributed by atoms with Crippen LogP contribution in [0.1, 0.15) is 58.8 Å². The van der Waals surface area contributed by atoms with E-state index in [1.807, 2.05) is 7.11 Å². The SMILES string of the molecule is CO[C@H]1CCN(c2ccccc2)C12CCN(C1CCC(C(C)C)CC1)CC2.Cl. The monoisotopic (exact) mass is 406 g/mol. The maximum Gasteiger partial charge on any atom is 0.0820 e. The summed E-state index contributed by atoms with van der Waals surface area (Å²) in [6.45, 7) is 8.40. The molecule has 1 saturated carbocycles. The van der Waals surface area contributed by atoms with E-state index >= 15 is 0 Å². The van der Waals surface area contributed by atoms with Gasteiger partial charge in [0.05, 0.1) is 11.6 Å². The third-order valence-electron chi connectivity index (χ3n) is 7.97. The van der Waals surface area contributed by atoms with E-state index in [2.05, 4.69) is 54.0 Å². The number of hydrogen-bond donors (Lipinski definition) is 0. The summed E-state index contributed by atoms with van der Waals surface area (Å²) in [7, 11) is 1.92. The fraction of sp³-hybridized carbons (Fsp3) is 0.750. The molecule has 2 saturated heterocycles. The second-order valence-electron chi connectivity index (χ2n) is 9.45. The number of anilines is 1. The topological polar surface area (TPSA) is 15.7 Å². The summed E-state index contributed by atoms with van der Waals surface area (Å²) >= 11 is 0. The zero-order chi connectivity index (χ0) is 18.9. The van der Waals surface area contributed by atoms with Crippen LogP contribution in [0.5, 0.6) is 0 Å². The first-order valence-corrected chi connectivity index (χ1v) is 11.2. The predicted molar refractivity (Wildman–Crippen MR) is 121 cm³/mol. The van der Waals surface area contributed by atoms with Crippen molar-refractivity contribution in [3.63, 3.8) is 0 Å². The first-order valence-electron chi connectivity index (χ1n) is 11.2. The molecule has 1 aromatic carbocycles. The molecule has 0 radical (unpaired) electrons. The first kappa shape index (κ1) is 21.9. The van der Waals surface area contributed by atoms with Gasteiger partial charge >= 0.3 is 0 Å². The molecule has 2 heterocycles. The van der Waals surface area contributed by atoms with Gasteiger partial charge in [0.2, 0.25) is 0 Å². The number of ether oxygens (including phenoxy) is 1. The Bertz CT molecular complexity index is 592. The molecule has 4 heteroatoms. The van der Waals surface area contributed by atoms with E-state index in [0.717, 1.165) is 30.8 Å². The van der Waals surface area contributed by atoms with Crippen LogP contribution in [0.2, 0.25) is 0 Å². The number of likely N-dealkylation sites (tertiary alicyclic amines) is 1. The van der Waals surface area contributed by atoms with Gasteiger partial charge in [-0.05, 0) is 68.9 Å². The number of methoxy groups -OCH3 is 1. The Morgan fingerprint density at radius 2 is 1.57 bits per heavy atom. The van der Waals surface area contributed by atoms with Crippen LogP contribution in [0, 0.1) is 11.8 Å². The van der Waals surface area contributed by atoms with Crippen molar-refractivity contribution in [2.45, 2.75) is 76.5 Å². The van der Waals surface area contributed by atoms with Crippen LogP contribution in [-0.4, -0.2) is 49.3 Å². The van der Waals surface area contributed by atoms with E-state index in [1.54, 1.807) is 0 Å². The highest BCUT2D eigenvalue weighted by molar-refractivity contribution is 5.85. The maximum atomic E-state index is 6.02. The predicted octanol–water partition coefficient (Wildman–Crippen LogP) is 5.38. The molecule has 1 atom stereocenters. The molecule has 0 unspecified atom stereocenters. The molecule has 4 rings (SSSR count). The van der Waals surface area contributed by atoms with Gasteiger partial charge in [0, 0.05) is 38.5 Å². The van der Waals surface area contributed by atoms with E-state index in [0.29, 0.717) is 6.10 Å². The van der Waals surface area contributed by atoms with Crippen molar-refractivity contribution in [1.29, 1.82) is 0 Å². The number of hydrogen-bond acceptors (Lipinski definition) is 3. The van der Waals surface area contributed by atoms with Crippen molar-refractivity contribution in [2.75, 3.05) is 31.6 Å². The van der Waals surface area contributed by atoms with Crippen molar-refractivity contribution in [2.24, 2.45) is 11.8 Å². The highest BCUT2D eigenvalue weighted by Gasteiger charge is 2.51. The minimum atomic E-state index is 0. The van der Waals surface area contributed by atoms with Crippen molar-refractivity contribution in [3.8, 4) is 0 Å². The van der Waals surface area contributed by atoms with Crippen molar-refractivity contribution in [1.82, 2.24) is 4.90 Å². The van der Waals surface area contributed by atoms with Gasteiger partial charge in [-0.2, -0.15) is 0 Å². The smallest absolute Gasteiger partial charge is 0.0820 e. The van der Waals surface area contributed by atoms with Crippen LogP contribution in [0.4, 0.5) is 5.69 Å². The van der Waals surface area contributed by atoms with Gasteiger partial charge < -0.3 is 14.5 Å². The third-order valence-corrected chi connectivity index (χ3v) is 7.97. The van der Waals surface area contributed by atoms with Gasteiger partial charge in [0.25, 0.3) is 0 Å². The molecule has 1 aromatic rings. The van der Waals surface area contributed by atoms with E-state index < -0.39 is 0 Å². The quantitative estimate of drug-likeness (QED) is 0.667. The molecule has 2 aliphatic heterocycles. The Hall–Kier alpha value is -0.770. The Balaban J connectivity index is 0.00000225. The molecule has 3 aliphatic rings. The summed E-state index contributed by atoms with van der Waals surface area (Å²) in [4.78, 5) is 5.49. The maximum absolute atomic E-state index is 6.02. The van der Waals surface area contributed by atoms with Gasteiger partial charge in [-0.3, -0.25) is 0 Å². The van der Waals surface area contributed by atoms with Crippen LogP contribution in [-0.2, 0) is 4.74 Å². The van der Waals surface area contributed by atoms with Crippen molar-refractivity contribution >= 4 is 18.1 Å². The highest BCUT2D eigenvalue weighted by Crippen LogP contribution is 2.44. The Morgan fingerprint density at radius 3 is 2.14 bits per heavy atom. The van der Waals surface area contributed by atoms with E-state index in [9.17, 15) is 0 Å². The fourth-order valence-corrected chi connectivity index (χ4v) is 6.24. The zero-order valence-electron chi connectivity index (χ0n) is 18.0. The average Bonchev–Trinajstić information content (AvgIpc) is 3.07. The number of halogens is 1. The van der Waals surface area contributed by atoms with Crippen LogP contribution in [0.3, 0.4) is 0 Å². The van der Waals surface area contributed by atoms with Gasteiger partial charge in [-0.1, -0.05) is 32.0 Å². The lowest BCUT2D eigenvalue weighted by Gasteiger charge is -2.50. The summed E-state index contributed by atoms with van der Waals surface area (Å²) in [5, 5.41) is 0. The summed E-state index contributed by atoms with van der Waals surface area (Å²) in [6, 6.07) is 11.8.